The Morgan fingerprint density at radius 2 is 1.71 bits per heavy atom. The van der Waals surface area contributed by atoms with Gasteiger partial charge < -0.3 is 0 Å². The lowest BCUT2D eigenvalue weighted by molar-refractivity contribution is 0.763. The molecule has 0 bridgehead atoms. The van der Waals surface area contributed by atoms with Gasteiger partial charge in [-0.3, -0.25) is 4.68 Å². The molecule has 0 saturated carbocycles. The maximum absolute atomic E-state index is 4.44. The van der Waals surface area contributed by atoms with E-state index in [1.807, 2.05) is 7.05 Å². The van der Waals surface area contributed by atoms with Crippen LogP contribution >= 0.6 is 0 Å². The summed E-state index contributed by atoms with van der Waals surface area (Å²) in [6, 6.07) is 6.29. The van der Waals surface area contributed by atoms with Crippen molar-refractivity contribution in [3.8, 4) is 11.4 Å². The molecule has 0 unspecified atom stereocenters. The highest BCUT2D eigenvalue weighted by atomic mass is 15.3. The van der Waals surface area contributed by atoms with Crippen LogP contribution in [0.5, 0.6) is 0 Å². The van der Waals surface area contributed by atoms with E-state index in [2.05, 4.69) is 52.2 Å². The van der Waals surface area contributed by atoms with Crippen molar-refractivity contribution in [3.63, 3.8) is 0 Å². The molecule has 6 heteroatoms. The molecular formula is C15H16N6. The van der Waals surface area contributed by atoms with Crippen LogP contribution in [0.25, 0.3) is 23.7 Å². The summed E-state index contributed by atoms with van der Waals surface area (Å²) in [5.41, 5.74) is 3.43. The summed E-state index contributed by atoms with van der Waals surface area (Å²) >= 11 is 0. The molecular weight excluding hydrogens is 264 g/mol. The van der Waals surface area contributed by atoms with Crippen LogP contribution in [0.1, 0.15) is 17.0 Å². The van der Waals surface area contributed by atoms with Crippen molar-refractivity contribution in [3.05, 3.63) is 47.8 Å². The molecule has 1 aromatic carbocycles. The van der Waals surface area contributed by atoms with Gasteiger partial charge in [0, 0.05) is 24.9 Å². The standard InChI is InChI=1S/C15H16N6/c1-11-6-12(2)8-13(7-11)15-17-10-21(19-15)5-4-14-16-9-20(3)18-14/h4-10H,1-3H3/b5-4-. The van der Waals surface area contributed by atoms with Gasteiger partial charge in [0.1, 0.15) is 12.7 Å². The first-order valence-electron chi connectivity index (χ1n) is 6.64. The van der Waals surface area contributed by atoms with Crippen molar-refractivity contribution in [2.24, 2.45) is 7.05 Å². The topological polar surface area (TPSA) is 61.4 Å². The van der Waals surface area contributed by atoms with Crippen molar-refractivity contribution in [2.45, 2.75) is 13.8 Å². The highest BCUT2D eigenvalue weighted by Crippen LogP contribution is 2.18. The molecule has 0 radical (unpaired) electrons. The summed E-state index contributed by atoms with van der Waals surface area (Å²) in [7, 11) is 1.83. The van der Waals surface area contributed by atoms with Gasteiger partial charge >= 0.3 is 0 Å². The fourth-order valence-corrected chi connectivity index (χ4v) is 2.16. The van der Waals surface area contributed by atoms with E-state index in [1.54, 1.807) is 34.3 Å². The average molecular weight is 280 g/mol. The molecule has 0 aliphatic carbocycles. The lowest BCUT2D eigenvalue weighted by atomic mass is 10.1. The lowest BCUT2D eigenvalue weighted by Crippen LogP contribution is -1.90. The molecule has 21 heavy (non-hydrogen) atoms. The molecule has 106 valence electrons. The van der Waals surface area contributed by atoms with Crippen molar-refractivity contribution >= 4 is 12.3 Å². The number of aryl methyl sites for hydroxylation is 3. The minimum absolute atomic E-state index is 0.640. The zero-order valence-electron chi connectivity index (χ0n) is 12.2. The first kappa shape index (κ1) is 13.2. The quantitative estimate of drug-likeness (QED) is 0.738. The maximum Gasteiger partial charge on any atom is 0.181 e. The Hall–Kier alpha value is -2.76. The Kier molecular flexibility index (Phi) is 3.35. The van der Waals surface area contributed by atoms with E-state index >= 15 is 0 Å². The van der Waals surface area contributed by atoms with E-state index in [0.29, 0.717) is 11.6 Å². The van der Waals surface area contributed by atoms with E-state index in [9.17, 15) is 0 Å². The number of benzene rings is 1. The van der Waals surface area contributed by atoms with Crippen molar-refractivity contribution < 1.29 is 0 Å². The van der Waals surface area contributed by atoms with Crippen molar-refractivity contribution in [1.29, 1.82) is 0 Å². The maximum atomic E-state index is 4.44. The van der Waals surface area contributed by atoms with Crippen LogP contribution < -0.4 is 0 Å². The summed E-state index contributed by atoms with van der Waals surface area (Å²) in [5.74, 6) is 1.35. The zero-order chi connectivity index (χ0) is 14.8. The smallest absolute Gasteiger partial charge is 0.181 e. The van der Waals surface area contributed by atoms with E-state index in [0.717, 1.165) is 5.56 Å². The van der Waals surface area contributed by atoms with Crippen LogP contribution in [-0.4, -0.2) is 29.5 Å². The number of hydrogen-bond donors (Lipinski definition) is 0. The van der Waals surface area contributed by atoms with Gasteiger partial charge in [-0.2, -0.15) is 5.10 Å². The molecule has 2 aromatic heterocycles. The number of nitrogens with zero attached hydrogens (tertiary/aromatic N) is 6. The third-order valence-corrected chi connectivity index (χ3v) is 2.98. The molecule has 0 spiro atoms. The van der Waals surface area contributed by atoms with Gasteiger partial charge in [-0.1, -0.05) is 17.2 Å². The molecule has 0 fully saturated rings. The second-order valence-corrected chi connectivity index (χ2v) is 5.02. The highest BCUT2D eigenvalue weighted by Gasteiger charge is 2.04. The second kappa shape index (κ2) is 5.32. The van der Waals surface area contributed by atoms with Crippen LogP contribution in [0, 0.1) is 13.8 Å². The Morgan fingerprint density at radius 3 is 2.38 bits per heavy atom. The summed E-state index contributed by atoms with van der Waals surface area (Å²) in [6.07, 6.45) is 6.91. The molecule has 3 aromatic rings. The Morgan fingerprint density at radius 1 is 0.952 bits per heavy atom. The van der Waals surface area contributed by atoms with Crippen LogP contribution in [0.2, 0.25) is 0 Å². The summed E-state index contributed by atoms with van der Waals surface area (Å²) < 4.78 is 3.31. The Balaban J connectivity index is 1.84. The highest BCUT2D eigenvalue weighted by molar-refractivity contribution is 5.58. The average Bonchev–Trinajstić information content (AvgIpc) is 3.04. The first-order valence-corrected chi connectivity index (χ1v) is 6.64. The van der Waals surface area contributed by atoms with Crippen molar-refractivity contribution in [1.82, 2.24) is 29.5 Å². The van der Waals surface area contributed by atoms with Crippen LogP contribution in [0.4, 0.5) is 0 Å². The van der Waals surface area contributed by atoms with Gasteiger partial charge in [-0.25, -0.2) is 14.6 Å². The Bertz CT molecular complexity index is 776. The molecule has 0 saturated heterocycles. The monoisotopic (exact) mass is 280 g/mol. The fourth-order valence-electron chi connectivity index (χ4n) is 2.16. The summed E-state index contributed by atoms with van der Waals surface area (Å²) in [5, 5.41) is 8.61. The minimum atomic E-state index is 0.640. The minimum Gasteiger partial charge on any atom is -0.255 e. The zero-order valence-corrected chi connectivity index (χ0v) is 12.2. The fraction of sp³-hybridized carbons (Fsp3) is 0.200. The third kappa shape index (κ3) is 3.05. The molecule has 0 N–H and O–H groups in total. The van der Waals surface area contributed by atoms with Gasteiger partial charge in [0.05, 0.1) is 0 Å². The van der Waals surface area contributed by atoms with E-state index in [-0.39, 0.29) is 0 Å². The van der Waals surface area contributed by atoms with Crippen LogP contribution in [0.15, 0.2) is 30.9 Å². The van der Waals surface area contributed by atoms with E-state index < -0.39 is 0 Å². The van der Waals surface area contributed by atoms with Crippen molar-refractivity contribution in [2.75, 3.05) is 0 Å². The van der Waals surface area contributed by atoms with Crippen LogP contribution in [-0.2, 0) is 7.05 Å². The predicted molar refractivity (Wildman–Crippen MR) is 81.2 cm³/mol. The first-order chi connectivity index (χ1) is 10.1. The lowest BCUT2D eigenvalue weighted by Gasteiger charge is -2.00. The summed E-state index contributed by atoms with van der Waals surface area (Å²) in [6.45, 7) is 4.14. The molecule has 0 atom stereocenters. The van der Waals surface area contributed by atoms with Gasteiger partial charge in [0.25, 0.3) is 0 Å². The van der Waals surface area contributed by atoms with Gasteiger partial charge in [-0.15, -0.1) is 5.10 Å². The number of hydrogen-bond acceptors (Lipinski definition) is 4. The molecule has 0 amide bonds. The molecule has 2 heterocycles. The molecule has 3 rings (SSSR count). The summed E-state index contributed by atoms with van der Waals surface area (Å²) in [4.78, 5) is 8.46. The second-order valence-electron chi connectivity index (χ2n) is 5.02. The van der Waals surface area contributed by atoms with Crippen LogP contribution in [0.3, 0.4) is 0 Å². The number of rotatable bonds is 3. The SMILES string of the molecule is Cc1cc(C)cc(-c2ncn(/C=C\c3ncn(C)n3)n2)c1. The van der Waals surface area contributed by atoms with Gasteiger partial charge in [-0.05, 0) is 26.0 Å². The predicted octanol–water partition coefficient (Wildman–Crippen LogP) is 2.32. The van der Waals surface area contributed by atoms with Gasteiger partial charge in [0.2, 0.25) is 0 Å². The third-order valence-electron chi connectivity index (χ3n) is 2.98. The van der Waals surface area contributed by atoms with Gasteiger partial charge in [0.15, 0.2) is 11.6 Å². The normalized spacial score (nSPS) is 11.4. The Labute approximate surface area is 122 Å². The molecule has 6 nitrogen and oxygen atoms in total. The van der Waals surface area contributed by atoms with E-state index in [4.69, 9.17) is 0 Å². The molecule has 0 aliphatic heterocycles. The number of aromatic nitrogens is 6. The largest absolute Gasteiger partial charge is 0.255 e. The van der Waals surface area contributed by atoms with E-state index in [1.165, 1.54) is 11.1 Å². The molecule has 0 aliphatic rings.